The first kappa shape index (κ1) is 16.0. The molecule has 0 bridgehead atoms. The molecule has 0 saturated carbocycles. The fraction of sp³-hybridized carbons (Fsp3) is 0.647. The van der Waals surface area contributed by atoms with Crippen molar-refractivity contribution in [2.24, 2.45) is 11.8 Å². The lowest BCUT2D eigenvalue weighted by Crippen LogP contribution is -2.36. The van der Waals surface area contributed by atoms with Gasteiger partial charge in [0.25, 0.3) is 0 Å². The average Bonchev–Trinajstić information content (AvgIpc) is 2.54. The lowest BCUT2D eigenvalue weighted by atomic mass is 9.85. The number of aromatic nitrogens is 1. The summed E-state index contributed by atoms with van der Waals surface area (Å²) in [4.78, 5) is 18.2. The highest BCUT2D eigenvalue weighted by atomic mass is 16.2. The highest BCUT2D eigenvalue weighted by Gasteiger charge is 2.23. The average molecular weight is 289 g/mol. The van der Waals surface area contributed by atoms with Gasteiger partial charge in [0.15, 0.2) is 0 Å². The van der Waals surface area contributed by atoms with E-state index in [9.17, 15) is 4.79 Å². The Morgan fingerprint density at radius 1 is 1.48 bits per heavy atom. The summed E-state index contributed by atoms with van der Waals surface area (Å²) in [7, 11) is 1.91. The molecule has 0 spiro atoms. The van der Waals surface area contributed by atoms with Gasteiger partial charge in [0, 0.05) is 32.4 Å². The molecule has 116 valence electrons. The van der Waals surface area contributed by atoms with Gasteiger partial charge < -0.3 is 10.2 Å². The van der Waals surface area contributed by atoms with Gasteiger partial charge in [-0.25, -0.2) is 0 Å². The van der Waals surface area contributed by atoms with Gasteiger partial charge in [-0.2, -0.15) is 0 Å². The zero-order chi connectivity index (χ0) is 15.1. The number of pyridine rings is 1. The van der Waals surface area contributed by atoms with Crippen molar-refractivity contribution in [3.63, 3.8) is 0 Å². The molecule has 1 aromatic rings. The van der Waals surface area contributed by atoms with Crippen molar-refractivity contribution in [1.29, 1.82) is 0 Å². The van der Waals surface area contributed by atoms with Crippen LogP contribution in [0.3, 0.4) is 0 Å². The van der Waals surface area contributed by atoms with Crippen molar-refractivity contribution >= 4 is 5.91 Å². The molecule has 1 aromatic heterocycles. The third-order valence-corrected chi connectivity index (χ3v) is 4.55. The van der Waals surface area contributed by atoms with Gasteiger partial charge in [-0.1, -0.05) is 6.92 Å². The van der Waals surface area contributed by atoms with E-state index in [2.05, 4.69) is 17.2 Å². The summed E-state index contributed by atoms with van der Waals surface area (Å²) in [5.74, 6) is 1.38. The highest BCUT2D eigenvalue weighted by Crippen LogP contribution is 2.23. The predicted octanol–water partition coefficient (Wildman–Crippen LogP) is 2.11. The van der Waals surface area contributed by atoms with Crippen molar-refractivity contribution in [3.05, 3.63) is 30.1 Å². The molecule has 1 N–H and O–H groups in total. The van der Waals surface area contributed by atoms with Crippen LogP contribution in [0.5, 0.6) is 0 Å². The number of nitrogens with one attached hydrogen (secondary N) is 1. The number of amides is 1. The topological polar surface area (TPSA) is 45.2 Å². The van der Waals surface area contributed by atoms with Crippen molar-refractivity contribution in [2.75, 3.05) is 26.7 Å². The van der Waals surface area contributed by atoms with Crippen molar-refractivity contribution < 1.29 is 4.79 Å². The van der Waals surface area contributed by atoms with Crippen molar-refractivity contribution in [1.82, 2.24) is 15.2 Å². The summed E-state index contributed by atoms with van der Waals surface area (Å²) < 4.78 is 0. The van der Waals surface area contributed by atoms with E-state index in [4.69, 9.17) is 0 Å². The summed E-state index contributed by atoms with van der Waals surface area (Å²) in [5, 5.41) is 3.43. The van der Waals surface area contributed by atoms with Gasteiger partial charge in [-0.05, 0) is 61.9 Å². The number of carbonyl (C=O) groups excluding carboxylic acids is 1. The van der Waals surface area contributed by atoms with E-state index < -0.39 is 0 Å². The second kappa shape index (κ2) is 8.13. The predicted molar refractivity (Wildman–Crippen MR) is 85.0 cm³/mol. The number of likely N-dealkylation sites (N-methyl/N-ethyl adjacent to an activating group) is 1. The van der Waals surface area contributed by atoms with E-state index in [1.807, 2.05) is 24.1 Å². The molecule has 2 rings (SSSR count). The number of hydrogen-bond donors (Lipinski definition) is 1. The van der Waals surface area contributed by atoms with Crippen LogP contribution in [0, 0.1) is 11.8 Å². The molecule has 21 heavy (non-hydrogen) atoms. The highest BCUT2D eigenvalue weighted by molar-refractivity contribution is 5.76. The minimum atomic E-state index is 0.266. The fourth-order valence-corrected chi connectivity index (χ4v) is 2.93. The summed E-state index contributed by atoms with van der Waals surface area (Å²) >= 11 is 0. The molecule has 2 heterocycles. The molecule has 1 saturated heterocycles. The first-order valence-electron chi connectivity index (χ1n) is 8.00. The van der Waals surface area contributed by atoms with Crippen LogP contribution in [-0.4, -0.2) is 42.5 Å². The summed E-state index contributed by atoms with van der Waals surface area (Å²) in [6, 6.07) is 4.02. The number of carbonyl (C=O) groups is 1. The van der Waals surface area contributed by atoms with Crippen LogP contribution in [0.2, 0.25) is 0 Å². The van der Waals surface area contributed by atoms with Crippen molar-refractivity contribution in [2.45, 2.75) is 32.6 Å². The first-order valence-corrected chi connectivity index (χ1v) is 8.00. The Balaban J connectivity index is 1.74. The molecule has 2 unspecified atom stereocenters. The second-order valence-corrected chi connectivity index (χ2v) is 6.21. The van der Waals surface area contributed by atoms with Crippen LogP contribution in [0.15, 0.2) is 24.5 Å². The molecule has 1 aliphatic heterocycles. The first-order chi connectivity index (χ1) is 10.2. The van der Waals surface area contributed by atoms with Crippen LogP contribution in [0.1, 0.15) is 31.7 Å². The molecule has 1 fully saturated rings. The number of hydrogen-bond acceptors (Lipinski definition) is 3. The summed E-state index contributed by atoms with van der Waals surface area (Å²) in [5.41, 5.74) is 1.23. The van der Waals surface area contributed by atoms with E-state index in [-0.39, 0.29) is 5.91 Å². The summed E-state index contributed by atoms with van der Waals surface area (Å²) in [6.07, 6.45) is 7.65. The molecule has 4 nitrogen and oxygen atoms in total. The van der Waals surface area contributed by atoms with Gasteiger partial charge in [0.2, 0.25) is 5.91 Å². The minimum absolute atomic E-state index is 0.266. The van der Waals surface area contributed by atoms with Gasteiger partial charge >= 0.3 is 0 Å². The zero-order valence-electron chi connectivity index (χ0n) is 13.2. The Labute approximate surface area is 127 Å². The van der Waals surface area contributed by atoms with Gasteiger partial charge in [0.05, 0.1) is 0 Å². The van der Waals surface area contributed by atoms with Gasteiger partial charge in [0.1, 0.15) is 0 Å². The second-order valence-electron chi connectivity index (χ2n) is 6.21. The van der Waals surface area contributed by atoms with E-state index in [0.717, 1.165) is 26.1 Å². The maximum atomic E-state index is 12.3. The fourth-order valence-electron chi connectivity index (χ4n) is 2.93. The van der Waals surface area contributed by atoms with Crippen LogP contribution >= 0.6 is 0 Å². The van der Waals surface area contributed by atoms with Crippen LogP contribution < -0.4 is 5.32 Å². The minimum Gasteiger partial charge on any atom is -0.345 e. The lowest BCUT2D eigenvalue weighted by Gasteiger charge is -2.29. The molecule has 1 amide bonds. The molecular formula is C17H27N3O. The molecule has 0 radical (unpaired) electrons. The molecule has 4 heteroatoms. The SMILES string of the molecule is CC(CC(=O)N(C)CCc1ccncc1)C1CCCNC1. The van der Waals surface area contributed by atoms with E-state index in [0.29, 0.717) is 18.3 Å². The normalized spacial score (nSPS) is 20.0. The molecular weight excluding hydrogens is 262 g/mol. The smallest absolute Gasteiger partial charge is 0.222 e. The molecule has 2 atom stereocenters. The van der Waals surface area contributed by atoms with Crippen molar-refractivity contribution in [3.8, 4) is 0 Å². The standard InChI is InChI=1S/C17H27N3O/c1-14(16-4-3-8-19-13-16)12-17(21)20(2)11-7-15-5-9-18-10-6-15/h5-6,9-10,14,16,19H,3-4,7-8,11-13H2,1-2H3. The van der Waals surface area contributed by atoms with Crippen LogP contribution in [0.4, 0.5) is 0 Å². The van der Waals surface area contributed by atoms with Crippen LogP contribution in [-0.2, 0) is 11.2 Å². The molecule has 1 aliphatic rings. The quantitative estimate of drug-likeness (QED) is 0.872. The van der Waals surface area contributed by atoms with Crippen LogP contribution in [0.25, 0.3) is 0 Å². The molecule has 0 aromatic carbocycles. The maximum absolute atomic E-state index is 12.3. The third kappa shape index (κ3) is 5.12. The van der Waals surface area contributed by atoms with Gasteiger partial charge in [-0.3, -0.25) is 9.78 Å². The summed E-state index contributed by atoms with van der Waals surface area (Å²) in [6.45, 7) is 5.18. The number of piperidine rings is 1. The Morgan fingerprint density at radius 3 is 2.90 bits per heavy atom. The number of nitrogens with zero attached hydrogens (tertiary/aromatic N) is 2. The Kier molecular flexibility index (Phi) is 6.18. The Bertz CT molecular complexity index is 429. The lowest BCUT2D eigenvalue weighted by molar-refractivity contribution is -0.131. The monoisotopic (exact) mass is 289 g/mol. The van der Waals surface area contributed by atoms with E-state index in [1.54, 1.807) is 12.4 Å². The maximum Gasteiger partial charge on any atom is 0.222 e. The molecule has 0 aliphatic carbocycles. The number of rotatable bonds is 6. The largest absolute Gasteiger partial charge is 0.345 e. The van der Waals surface area contributed by atoms with E-state index >= 15 is 0 Å². The van der Waals surface area contributed by atoms with E-state index in [1.165, 1.54) is 18.4 Å². The Hall–Kier alpha value is -1.42. The zero-order valence-corrected chi connectivity index (χ0v) is 13.2. The third-order valence-electron chi connectivity index (χ3n) is 4.55. The Morgan fingerprint density at radius 2 is 2.24 bits per heavy atom. The van der Waals surface area contributed by atoms with Gasteiger partial charge in [-0.15, -0.1) is 0 Å².